The minimum atomic E-state index is 0.456. The predicted molar refractivity (Wildman–Crippen MR) is 123 cm³/mol. The molecule has 0 bridgehead atoms. The minimum absolute atomic E-state index is 0.456. The van der Waals surface area contributed by atoms with Gasteiger partial charge in [0.15, 0.2) is 5.65 Å². The van der Waals surface area contributed by atoms with Crippen molar-refractivity contribution in [2.75, 3.05) is 11.1 Å². The standard InChI is InChI=1S/C23H18ClN7/c24-16-9-11-18(12-10-16)31-21(25)19-20(15-6-2-1-3-7-15)28-23(29-22(19)30-31)27-14-17-8-4-5-13-26-17/h1-13H,14,25H2,(H,27,29,30). The SMILES string of the molecule is Nc1c2c(-c3ccccc3)nc(NCc3ccccn3)nc2nn1-c1ccc(Cl)cc1. The van der Waals surface area contributed by atoms with Gasteiger partial charge in [0.1, 0.15) is 5.82 Å². The van der Waals surface area contributed by atoms with Crippen molar-refractivity contribution in [1.29, 1.82) is 0 Å². The third-order valence-corrected chi connectivity index (χ3v) is 5.09. The first kappa shape index (κ1) is 19.0. The number of pyridine rings is 1. The van der Waals surface area contributed by atoms with Crippen LogP contribution in [0, 0.1) is 0 Å². The lowest BCUT2D eigenvalue weighted by atomic mass is 10.1. The number of benzene rings is 2. The summed E-state index contributed by atoms with van der Waals surface area (Å²) in [6, 6.07) is 22.9. The molecule has 3 aromatic heterocycles. The van der Waals surface area contributed by atoms with E-state index >= 15 is 0 Å². The first-order valence-corrected chi connectivity index (χ1v) is 10.1. The van der Waals surface area contributed by atoms with E-state index in [9.17, 15) is 0 Å². The first-order valence-electron chi connectivity index (χ1n) is 9.70. The van der Waals surface area contributed by atoms with E-state index in [-0.39, 0.29) is 0 Å². The molecule has 0 aliphatic carbocycles. The smallest absolute Gasteiger partial charge is 0.225 e. The fraction of sp³-hybridized carbons (Fsp3) is 0.0435. The van der Waals surface area contributed by atoms with Gasteiger partial charge in [0.05, 0.1) is 29.0 Å². The number of fused-ring (bicyclic) bond motifs is 1. The van der Waals surface area contributed by atoms with E-state index in [0.29, 0.717) is 40.1 Å². The van der Waals surface area contributed by atoms with Crippen molar-refractivity contribution in [2.24, 2.45) is 0 Å². The quantitative estimate of drug-likeness (QED) is 0.421. The molecule has 0 unspecified atom stereocenters. The second-order valence-corrected chi connectivity index (χ2v) is 7.34. The van der Waals surface area contributed by atoms with E-state index in [1.54, 1.807) is 23.0 Å². The number of aromatic nitrogens is 5. The van der Waals surface area contributed by atoms with Gasteiger partial charge < -0.3 is 11.1 Å². The first-order chi connectivity index (χ1) is 15.2. The molecule has 5 aromatic rings. The van der Waals surface area contributed by atoms with Crippen molar-refractivity contribution in [3.63, 3.8) is 0 Å². The van der Waals surface area contributed by atoms with E-state index in [4.69, 9.17) is 22.3 Å². The van der Waals surface area contributed by atoms with Crippen LogP contribution < -0.4 is 11.1 Å². The number of nitrogen functional groups attached to an aromatic ring is 1. The van der Waals surface area contributed by atoms with Crippen LogP contribution >= 0.6 is 11.6 Å². The maximum absolute atomic E-state index is 6.52. The predicted octanol–water partition coefficient (Wildman–Crippen LogP) is 4.73. The third-order valence-electron chi connectivity index (χ3n) is 4.84. The molecule has 2 aromatic carbocycles. The van der Waals surface area contributed by atoms with E-state index in [0.717, 1.165) is 16.9 Å². The Kier molecular flexibility index (Phi) is 4.93. The van der Waals surface area contributed by atoms with E-state index in [2.05, 4.69) is 20.4 Å². The van der Waals surface area contributed by atoms with Crippen LogP contribution in [0.5, 0.6) is 0 Å². The maximum Gasteiger partial charge on any atom is 0.225 e. The Labute approximate surface area is 183 Å². The van der Waals surface area contributed by atoms with Crippen LogP contribution in [0.3, 0.4) is 0 Å². The molecule has 0 saturated heterocycles. The summed E-state index contributed by atoms with van der Waals surface area (Å²) in [6.07, 6.45) is 1.75. The minimum Gasteiger partial charge on any atom is -0.383 e. The van der Waals surface area contributed by atoms with Gasteiger partial charge >= 0.3 is 0 Å². The normalized spacial score (nSPS) is 11.0. The van der Waals surface area contributed by atoms with Crippen LogP contribution in [0.15, 0.2) is 79.0 Å². The summed E-state index contributed by atoms with van der Waals surface area (Å²) in [5.41, 5.74) is 10.3. The molecular formula is C23H18ClN7. The number of hydrogen-bond donors (Lipinski definition) is 2. The van der Waals surface area contributed by atoms with Gasteiger partial charge in [-0.15, -0.1) is 5.10 Å². The number of anilines is 2. The van der Waals surface area contributed by atoms with Gasteiger partial charge in [-0.3, -0.25) is 4.98 Å². The summed E-state index contributed by atoms with van der Waals surface area (Å²) in [6.45, 7) is 0.494. The Balaban J connectivity index is 1.64. The number of halogens is 1. The lowest BCUT2D eigenvalue weighted by Gasteiger charge is -2.08. The van der Waals surface area contributed by atoms with Gasteiger partial charge in [0, 0.05) is 16.8 Å². The van der Waals surface area contributed by atoms with Gasteiger partial charge in [0.25, 0.3) is 0 Å². The molecule has 3 N–H and O–H groups in total. The van der Waals surface area contributed by atoms with E-state index < -0.39 is 0 Å². The Bertz CT molecular complexity index is 1330. The fourth-order valence-electron chi connectivity index (χ4n) is 3.35. The molecule has 3 heterocycles. The molecular weight excluding hydrogens is 410 g/mol. The molecule has 8 heteroatoms. The summed E-state index contributed by atoms with van der Waals surface area (Å²) < 4.78 is 1.66. The fourth-order valence-corrected chi connectivity index (χ4v) is 3.47. The van der Waals surface area contributed by atoms with Crippen LogP contribution in [-0.2, 0) is 6.54 Å². The Morgan fingerprint density at radius 2 is 1.68 bits per heavy atom. The van der Waals surface area contributed by atoms with E-state index in [1.165, 1.54) is 0 Å². The molecule has 0 saturated carbocycles. The highest BCUT2D eigenvalue weighted by Crippen LogP contribution is 2.32. The number of nitrogens with one attached hydrogen (secondary N) is 1. The molecule has 5 rings (SSSR count). The zero-order chi connectivity index (χ0) is 21.2. The molecule has 0 fully saturated rings. The highest BCUT2D eigenvalue weighted by Gasteiger charge is 2.19. The lowest BCUT2D eigenvalue weighted by Crippen LogP contribution is -2.06. The van der Waals surface area contributed by atoms with Crippen LogP contribution in [0.2, 0.25) is 5.02 Å². The average Bonchev–Trinajstić information content (AvgIpc) is 3.15. The van der Waals surface area contributed by atoms with Crippen molar-refractivity contribution in [3.8, 4) is 16.9 Å². The van der Waals surface area contributed by atoms with Crippen molar-refractivity contribution >= 4 is 34.4 Å². The number of hydrogen-bond acceptors (Lipinski definition) is 6. The number of nitrogens with zero attached hydrogens (tertiary/aromatic N) is 5. The van der Waals surface area contributed by atoms with Crippen molar-refractivity contribution in [3.05, 3.63) is 89.7 Å². The summed E-state index contributed by atoms with van der Waals surface area (Å²) in [5.74, 6) is 0.921. The topological polar surface area (TPSA) is 94.5 Å². The zero-order valence-electron chi connectivity index (χ0n) is 16.4. The molecule has 0 aliphatic heterocycles. The monoisotopic (exact) mass is 427 g/mol. The molecule has 0 spiro atoms. The largest absolute Gasteiger partial charge is 0.383 e. The van der Waals surface area contributed by atoms with Crippen molar-refractivity contribution < 1.29 is 0 Å². The van der Waals surface area contributed by atoms with Crippen LogP contribution in [0.1, 0.15) is 5.69 Å². The summed E-state index contributed by atoms with van der Waals surface area (Å²) >= 11 is 6.03. The average molecular weight is 428 g/mol. The Morgan fingerprint density at radius 1 is 0.903 bits per heavy atom. The zero-order valence-corrected chi connectivity index (χ0v) is 17.2. The van der Waals surface area contributed by atoms with Crippen LogP contribution in [-0.4, -0.2) is 24.7 Å². The summed E-state index contributed by atoms with van der Waals surface area (Å²) in [7, 11) is 0. The Hall–Kier alpha value is -3.97. The number of rotatable bonds is 5. The molecule has 0 amide bonds. The molecule has 7 nitrogen and oxygen atoms in total. The van der Waals surface area contributed by atoms with Gasteiger partial charge in [0.2, 0.25) is 5.95 Å². The Morgan fingerprint density at radius 3 is 2.42 bits per heavy atom. The van der Waals surface area contributed by atoms with Crippen molar-refractivity contribution in [2.45, 2.75) is 6.54 Å². The highest BCUT2D eigenvalue weighted by molar-refractivity contribution is 6.30. The van der Waals surface area contributed by atoms with Gasteiger partial charge in [-0.1, -0.05) is 48.0 Å². The molecule has 0 radical (unpaired) electrons. The molecule has 31 heavy (non-hydrogen) atoms. The lowest BCUT2D eigenvalue weighted by molar-refractivity contribution is 0.899. The summed E-state index contributed by atoms with van der Waals surface area (Å²) in [4.78, 5) is 13.7. The second kappa shape index (κ2) is 8.04. The summed E-state index contributed by atoms with van der Waals surface area (Å²) in [5, 5.41) is 9.24. The molecule has 152 valence electrons. The van der Waals surface area contributed by atoms with Crippen LogP contribution in [0.25, 0.3) is 28.0 Å². The third kappa shape index (κ3) is 3.78. The van der Waals surface area contributed by atoms with Gasteiger partial charge in [-0.25, -0.2) is 9.67 Å². The maximum atomic E-state index is 6.52. The van der Waals surface area contributed by atoms with Crippen molar-refractivity contribution in [1.82, 2.24) is 24.7 Å². The van der Waals surface area contributed by atoms with E-state index in [1.807, 2.05) is 60.7 Å². The second-order valence-electron chi connectivity index (χ2n) is 6.91. The van der Waals surface area contributed by atoms with Crippen LogP contribution in [0.4, 0.5) is 11.8 Å². The highest BCUT2D eigenvalue weighted by atomic mass is 35.5. The molecule has 0 aliphatic rings. The van der Waals surface area contributed by atoms with Gasteiger partial charge in [-0.05, 0) is 36.4 Å². The molecule has 0 atom stereocenters. The van der Waals surface area contributed by atoms with Gasteiger partial charge in [-0.2, -0.15) is 4.98 Å². The number of nitrogens with two attached hydrogens (primary N) is 1.